The number of rotatable bonds is 3. The molecule has 0 spiro atoms. The van der Waals surface area contributed by atoms with E-state index in [0.29, 0.717) is 11.9 Å². The number of urea groups is 1. The molecular formula is C14H12F2N4O3. The maximum Gasteiger partial charge on any atom is 0.325 e. The van der Waals surface area contributed by atoms with Crippen LogP contribution in [0, 0.1) is 18.6 Å². The van der Waals surface area contributed by atoms with E-state index in [-0.39, 0.29) is 18.0 Å². The molecule has 0 unspecified atom stereocenters. The molecule has 1 fully saturated rings. The van der Waals surface area contributed by atoms with E-state index in [2.05, 4.69) is 15.5 Å². The summed E-state index contributed by atoms with van der Waals surface area (Å²) in [6.45, 7) is 2.71. The van der Waals surface area contributed by atoms with Crippen molar-refractivity contribution in [2.75, 3.05) is 0 Å². The van der Waals surface area contributed by atoms with Gasteiger partial charge in [-0.2, -0.15) is 4.98 Å². The van der Waals surface area contributed by atoms with Crippen molar-refractivity contribution in [3.05, 3.63) is 47.1 Å². The van der Waals surface area contributed by atoms with Gasteiger partial charge in [-0.25, -0.2) is 13.6 Å². The summed E-state index contributed by atoms with van der Waals surface area (Å²) in [7, 11) is 0. The third-order valence-electron chi connectivity index (χ3n) is 3.61. The van der Waals surface area contributed by atoms with E-state index < -0.39 is 29.1 Å². The van der Waals surface area contributed by atoms with Crippen molar-refractivity contribution in [1.82, 2.24) is 20.4 Å². The molecule has 1 aromatic carbocycles. The Morgan fingerprint density at radius 3 is 2.70 bits per heavy atom. The summed E-state index contributed by atoms with van der Waals surface area (Å²) in [5, 5.41) is 5.99. The predicted octanol–water partition coefficient (Wildman–Crippen LogP) is 1.62. The van der Waals surface area contributed by atoms with E-state index in [9.17, 15) is 18.4 Å². The normalized spacial score (nSPS) is 21.0. The monoisotopic (exact) mass is 322 g/mol. The lowest BCUT2D eigenvalue weighted by molar-refractivity contribution is -0.131. The Labute approximate surface area is 129 Å². The molecule has 9 heteroatoms. The van der Waals surface area contributed by atoms with Gasteiger partial charge < -0.3 is 9.84 Å². The molecule has 7 nitrogen and oxygen atoms in total. The minimum absolute atomic E-state index is 0.0785. The van der Waals surface area contributed by atoms with Gasteiger partial charge in [0, 0.05) is 11.6 Å². The van der Waals surface area contributed by atoms with Crippen LogP contribution < -0.4 is 5.32 Å². The number of hydrogen-bond acceptors (Lipinski definition) is 5. The fourth-order valence-corrected chi connectivity index (χ4v) is 2.46. The van der Waals surface area contributed by atoms with Crippen molar-refractivity contribution >= 4 is 11.9 Å². The van der Waals surface area contributed by atoms with Crippen LogP contribution in [0.3, 0.4) is 0 Å². The summed E-state index contributed by atoms with van der Waals surface area (Å²) in [6.07, 6.45) is 0. The highest BCUT2D eigenvalue weighted by atomic mass is 19.1. The molecule has 2 heterocycles. The average Bonchev–Trinajstić information content (AvgIpc) is 2.96. The van der Waals surface area contributed by atoms with Gasteiger partial charge in [0.25, 0.3) is 5.91 Å². The highest BCUT2D eigenvalue weighted by molar-refractivity contribution is 6.07. The maximum atomic E-state index is 14.0. The molecule has 3 amide bonds. The zero-order chi connectivity index (χ0) is 16.8. The van der Waals surface area contributed by atoms with Crippen molar-refractivity contribution in [3.63, 3.8) is 0 Å². The number of nitrogens with one attached hydrogen (secondary N) is 1. The zero-order valence-corrected chi connectivity index (χ0v) is 12.3. The lowest BCUT2D eigenvalue weighted by Crippen LogP contribution is -2.41. The van der Waals surface area contributed by atoms with Crippen LogP contribution in [0.25, 0.3) is 0 Å². The van der Waals surface area contributed by atoms with Crippen LogP contribution in [0.15, 0.2) is 22.7 Å². The number of imide groups is 1. The van der Waals surface area contributed by atoms with E-state index in [1.165, 1.54) is 6.92 Å². The summed E-state index contributed by atoms with van der Waals surface area (Å²) < 4.78 is 31.9. The Bertz CT molecular complexity index is 807. The number of carbonyl (C=O) groups excluding carboxylic acids is 2. The van der Waals surface area contributed by atoms with Crippen LogP contribution in [-0.2, 0) is 16.9 Å². The van der Waals surface area contributed by atoms with Gasteiger partial charge >= 0.3 is 6.03 Å². The Kier molecular flexibility index (Phi) is 3.35. The molecule has 0 aliphatic carbocycles. The zero-order valence-electron chi connectivity index (χ0n) is 12.3. The first-order valence-electron chi connectivity index (χ1n) is 6.70. The number of carbonyl (C=O) groups is 2. The van der Waals surface area contributed by atoms with Crippen LogP contribution in [0.5, 0.6) is 0 Å². The number of nitrogens with zero attached hydrogens (tertiary/aromatic N) is 3. The van der Waals surface area contributed by atoms with Gasteiger partial charge in [-0.3, -0.25) is 9.69 Å². The molecule has 1 aliphatic rings. The third kappa shape index (κ3) is 2.43. The highest BCUT2D eigenvalue weighted by Crippen LogP contribution is 2.31. The minimum Gasteiger partial charge on any atom is -0.337 e. The Hall–Kier alpha value is -2.84. The fourth-order valence-electron chi connectivity index (χ4n) is 2.46. The van der Waals surface area contributed by atoms with E-state index in [0.717, 1.165) is 17.0 Å². The fraction of sp³-hybridized carbons (Fsp3) is 0.286. The van der Waals surface area contributed by atoms with E-state index >= 15 is 0 Å². The Balaban J connectivity index is 1.93. The predicted molar refractivity (Wildman–Crippen MR) is 71.8 cm³/mol. The van der Waals surface area contributed by atoms with Crippen LogP contribution in [0.4, 0.5) is 13.6 Å². The van der Waals surface area contributed by atoms with Crippen LogP contribution >= 0.6 is 0 Å². The number of aromatic nitrogens is 2. The number of benzene rings is 1. The lowest BCUT2D eigenvalue weighted by Gasteiger charge is -2.22. The third-order valence-corrected chi connectivity index (χ3v) is 3.61. The molecule has 1 N–H and O–H groups in total. The second kappa shape index (κ2) is 5.11. The molecule has 1 aliphatic heterocycles. The minimum atomic E-state index is -1.63. The molecule has 1 saturated heterocycles. The molecule has 0 bridgehead atoms. The first kappa shape index (κ1) is 15.1. The van der Waals surface area contributed by atoms with Crippen molar-refractivity contribution in [3.8, 4) is 0 Å². The smallest absolute Gasteiger partial charge is 0.325 e. The van der Waals surface area contributed by atoms with Gasteiger partial charge in [0.2, 0.25) is 5.89 Å². The van der Waals surface area contributed by atoms with Gasteiger partial charge in [-0.15, -0.1) is 0 Å². The number of hydrogen-bond donors (Lipinski definition) is 1. The number of halogens is 2. The van der Waals surface area contributed by atoms with E-state index in [1.807, 2.05) is 0 Å². The first-order chi connectivity index (χ1) is 10.8. The largest absolute Gasteiger partial charge is 0.337 e. The van der Waals surface area contributed by atoms with Crippen LogP contribution in [0.1, 0.15) is 24.2 Å². The topological polar surface area (TPSA) is 88.3 Å². The molecule has 1 aromatic heterocycles. The molecule has 1 atom stereocenters. The molecule has 0 radical (unpaired) electrons. The average molecular weight is 322 g/mol. The molecule has 23 heavy (non-hydrogen) atoms. The highest BCUT2D eigenvalue weighted by Gasteiger charge is 2.50. The first-order valence-corrected chi connectivity index (χ1v) is 6.70. The van der Waals surface area contributed by atoms with Gasteiger partial charge in [0.15, 0.2) is 5.82 Å². The summed E-state index contributed by atoms with van der Waals surface area (Å²) in [5.41, 5.74) is -1.76. The standard InChI is InChI=1S/C14H12F2N4O3/c1-7-17-11(23-19-7)6-20-12(21)14(2,18-13(20)22)9-4-3-8(15)5-10(9)16/h3-5H,6H2,1-2H3,(H,18,22)/t14-/m1/s1. The van der Waals surface area contributed by atoms with Crippen molar-refractivity contribution in [2.45, 2.75) is 25.9 Å². The summed E-state index contributed by atoms with van der Waals surface area (Å²) in [5.74, 6) is -1.94. The Morgan fingerprint density at radius 1 is 1.35 bits per heavy atom. The maximum absolute atomic E-state index is 14.0. The second-order valence-corrected chi connectivity index (χ2v) is 5.31. The van der Waals surface area contributed by atoms with Gasteiger partial charge in [-0.05, 0) is 19.9 Å². The van der Waals surface area contributed by atoms with E-state index in [4.69, 9.17) is 4.52 Å². The van der Waals surface area contributed by atoms with Gasteiger partial charge in [0.05, 0.1) is 0 Å². The number of amides is 3. The quantitative estimate of drug-likeness (QED) is 0.868. The second-order valence-electron chi connectivity index (χ2n) is 5.31. The molecule has 3 rings (SSSR count). The van der Waals surface area contributed by atoms with Gasteiger partial charge in [0.1, 0.15) is 23.7 Å². The molecule has 0 saturated carbocycles. The summed E-state index contributed by atoms with van der Waals surface area (Å²) >= 11 is 0. The van der Waals surface area contributed by atoms with Crippen LogP contribution in [-0.4, -0.2) is 27.0 Å². The lowest BCUT2D eigenvalue weighted by atomic mass is 9.91. The Morgan fingerprint density at radius 2 is 2.09 bits per heavy atom. The van der Waals surface area contributed by atoms with Gasteiger partial charge in [-0.1, -0.05) is 11.2 Å². The van der Waals surface area contributed by atoms with Crippen molar-refractivity contribution in [2.24, 2.45) is 0 Å². The van der Waals surface area contributed by atoms with Crippen molar-refractivity contribution in [1.29, 1.82) is 0 Å². The molecule has 120 valence electrons. The molecule has 2 aromatic rings. The van der Waals surface area contributed by atoms with Crippen LogP contribution in [0.2, 0.25) is 0 Å². The van der Waals surface area contributed by atoms with Crippen molar-refractivity contribution < 1.29 is 22.9 Å². The summed E-state index contributed by atoms with van der Waals surface area (Å²) in [6, 6.07) is 2.08. The summed E-state index contributed by atoms with van der Waals surface area (Å²) in [4.78, 5) is 29.4. The number of aryl methyl sites for hydroxylation is 1. The van der Waals surface area contributed by atoms with E-state index in [1.54, 1.807) is 6.92 Å². The SMILES string of the molecule is Cc1noc(CN2C(=O)N[C@](C)(c3ccc(F)cc3F)C2=O)n1. The molecular weight excluding hydrogens is 310 g/mol.